The molecule has 0 radical (unpaired) electrons. The number of carbonyl (C=O) groups is 1. The van der Waals surface area contributed by atoms with E-state index in [1.807, 2.05) is 37.3 Å². The Labute approximate surface area is 155 Å². The molecule has 26 heavy (non-hydrogen) atoms. The van der Waals surface area contributed by atoms with Crippen molar-refractivity contribution in [1.82, 2.24) is 10.2 Å². The van der Waals surface area contributed by atoms with E-state index in [-0.39, 0.29) is 24.5 Å². The zero-order valence-corrected chi connectivity index (χ0v) is 16.2. The van der Waals surface area contributed by atoms with Crippen LogP contribution in [0.25, 0.3) is 0 Å². The van der Waals surface area contributed by atoms with Crippen molar-refractivity contribution in [3.63, 3.8) is 0 Å². The number of piperidine rings is 1. The van der Waals surface area contributed by atoms with Gasteiger partial charge < -0.3 is 10.2 Å². The zero-order chi connectivity index (χ0) is 19.3. The van der Waals surface area contributed by atoms with E-state index in [9.17, 15) is 17.6 Å². The molecule has 144 valence electrons. The lowest BCUT2D eigenvalue weighted by Crippen LogP contribution is -2.51. The molecule has 0 saturated carbocycles. The Bertz CT molecular complexity index is 736. The molecule has 7 heteroatoms. The summed E-state index contributed by atoms with van der Waals surface area (Å²) < 4.78 is 36.9. The van der Waals surface area contributed by atoms with Crippen molar-refractivity contribution in [1.29, 1.82) is 0 Å². The summed E-state index contributed by atoms with van der Waals surface area (Å²) in [5.41, 5.74) is 0.979. The number of carbonyl (C=O) groups excluding carboxylic acids is 1. The molecule has 0 aromatic heterocycles. The van der Waals surface area contributed by atoms with Gasteiger partial charge in [-0.2, -0.15) is 0 Å². The van der Waals surface area contributed by atoms with Crippen LogP contribution in [0.2, 0.25) is 0 Å². The second kappa shape index (κ2) is 8.66. The highest BCUT2D eigenvalue weighted by molar-refractivity contribution is 7.93. The maximum atomic E-state index is 14.5. The minimum Gasteiger partial charge on any atom is -0.332 e. The Morgan fingerprint density at radius 3 is 2.62 bits per heavy atom. The molecule has 1 aliphatic heterocycles. The van der Waals surface area contributed by atoms with E-state index in [1.165, 1.54) is 11.0 Å². The standard InChI is InChI=1S/C19H27FN2O3S/c1-4-15-12-18(16-8-6-5-7-9-16)22(13-17(15)20)19(23)21-14(2)10-11-26(3,24)25/h5-11,14-15,17-18H,4,12-13H2,1-3H3,(H,21,23)/b11-10+. The second-order valence-corrected chi connectivity index (χ2v) is 8.83. The van der Waals surface area contributed by atoms with Crippen LogP contribution >= 0.6 is 0 Å². The highest BCUT2D eigenvalue weighted by Gasteiger charge is 2.38. The van der Waals surface area contributed by atoms with Gasteiger partial charge in [0, 0.05) is 17.7 Å². The SMILES string of the molecule is CCC1CC(c2ccccc2)N(C(=O)NC(C)/C=C/S(C)(=O)=O)CC1F. The van der Waals surface area contributed by atoms with Crippen molar-refractivity contribution in [2.75, 3.05) is 12.8 Å². The highest BCUT2D eigenvalue weighted by atomic mass is 32.2. The molecule has 4 atom stereocenters. The quantitative estimate of drug-likeness (QED) is 0.848. The minimum atomic E-state index is -3.26. The Morgan fingerprint density at radius 2 is 2.04 bits per heavy atom. The van der Waals surface area contributed by atoms with E-state index >= 15 is 0 Å². The Hall–Kier alpha value is -1.89. The zero-order valence-electron chi connectivity index (χ0n) is 15.4. The van der Waals surface area contributed by atoms with Gasteiger partial charge in [-0.3, -0.25) is 0 Å². The lowest BCUT2D eigenvalue weighted by atomic mass is 9.84. The average Bonchev–Trinajstić information content (AvgIpc) is 2.60. The van der Waals surface area contributed by atoms with Crippen molar-refractivity contribution >= 4 is 15.9 Å². The number of nitrogens with zero attached hydrogens (tertiary/aromatic N) is 1. The van der Waals surface area contributed by atoms with Crippen LogP contribution in [0.4, 0.5) is 9.18 Å². The normalized spacial score (nSPS) is 25.2. The summed E-state index contributed by atoms with van der Waals surface area (Å²) in [4.78, 5) is 14.2. The van der Waals surface area contributed by atoms with Gasteiger partial charge in [0.2, 0.25) is 0 Å². The minimum absolute atomic E-state index is 0.0341. The second-order valence-electron chi connectivity index (χ2n) is 6.90. The number of likely N-dealkylation sites (tertiary alicyclic amines) is 1. The first-order chi connectivity index (χ1) is 12.2. The molecule has 1 aromatic carbocycles. The van der Waals surface area contributed by atoms with Crippen LogP contribution in [-0.4, -0.2) is 44.4 Å². The fourth-order valence-electron chi connectivity index (χ4n) is 3.25. The Kier molecular flexibility index (Phi) is 6.81. The predicted octanol–water partition coefficient (Wildman–Crippen LogP) is 3.45. The Morgan fingerprint density at radius 1 is 1.38 bits per heavy atom. The van der Waals surface area contributed by atoms with Gasteiger partial charge >= 0.3 is 6.03 Å². The predicted molar refractivity (Wildman–Crippen MR) is 101 cm³/mol. The molecule has 2 amide bonds. The molecule has 1 saturated heterocycles. The molecule has 2 rings (SSSR count). The van der Waals surface area contributed by atoms with E-state index < -0.39 is 22.1 Å². The van der Waals surface area contributed by atoms with Crippen LogP contribution < -0.4 is 5.32 Å². The Balaban J connectivity index is 2.17. The van der Waals surface area contributed by atoms with Crippen LogP contribution in [-0.2, 0) is 9.84 Å². The number of nitrogens with one attached hydrogen (secondary N) is 1. The molecule has 0 spiro atoms. The average molecular weight is 383 g/mol. The summed E-state index contributed by atoms with van der Waals surface area (Å²) in [6.07, 6.45) is 2.74. The van der Waals surface area contributed by atoms with Gasteiger partial charge in [-0.05, 0) is 24.8 Å². The van der Waals surface area contributed by atoms with Crippen LogP contribution in [0.5, 0.6) is 0 Å². The van der Waals surface area contributed by atoms with Gasteiger partial charge in [-0.15, -0.1) is 0 Å². The fraction of sp³-hybridized carbons (Fsp3) is 0.526. The first-order valence-electron chi connectivity index (χ1n) is 8.85. The number of urea groups is 1. The summed E-state index contributed by atoms with van der Waals surface area (Å²) in [6, 6.07) is 8.56. The number of hydrogen-bond donors (Lipinski definition) is 1. The largest absolute Gasteiger partial charge is 0.332 e. The molecule has 1 N–H and O–H groups in total. The van der Waals surface area contributed by atoms with Crippen LogP contribution in [0.1, 0.15) is 38.3 Å². The molecule has 0 bridgehead atoms. The first-order valence-corrected chi connectivity index (χ1v) is 10.8. The molecule has 0 aliphatic carbocycles. The summed E-state index contributed by atoms with van der Waals surface area (Å²) in [7, 11) is -3.26. The number of sulfone groups is 1. The number of halogens is 1. The number of hydrogen-bond acceptors (Lipinski definition) is 3. The van der Waals surface area contributed by atoms with Crippen molar-refractivity contribution in [3.8, 4) is 0 Å². The topological polar surface area (TPSA) is 66.5 Å². The molecular formula is C19H27FN2O3S. The summed E-state index contributed by atoms with van der Waals surface area (Å²) in [5.74, 6) is -0.0770. The summed E-state index contributed by atoms with van der Waals surface area (Å²) in [6.45, 7) is 3.68. The highest BCUT2D eigenvalue weighted by Crippen LogP contribution is 2.37. The van der Waals surface area contributed by atoms with Crippen molar-refractivity contribution in [3.05, 3.63) is 47.4 Å². The van der Waals surface area contributed by atoms with Gasteiger partial charge in [0.1, 0.15) is 6.17 Å². The van der Waals surface area contributed by atoms with Gasteiger partial charge in [0.15, 0.2) is 9.84 Å². The first kappa shape index (κ1) is 20.4. The fourth-order valence-corrected chi connectivity index (χ4v) is 3.77. The molecule has 5 nitrogen and oxygen atoms in total. The maximum absolute atomic E-state index is 14.5. The third-order valence-corrected chi connectivity index (χ3v) is 5.37. The monoisotopic (exact) mass is 382 g/mol. The molecule has 1 fully saturated rings. The molecule has 1 aromatic rings. The number of amides is 2. The summed E-state index contributed by atoms with van der Waals surface area (Å²) >= 11 is 0. The van der Waals surface area contributed by atoms with Crippen LogP contribution in [0, 0.1) is 5.92 Å². The van der Waals surface area contributed by atoms with Crippen LogP contribution in [0.15, 0.2) is 41.8 Å². The van der Waals surface area contributed by atoms with Gasteiger partial charge in [-0.25, -0.2) is 17.6 Å². The molecule has 1 aliphatic rings. The van der Waals surface area contributed by atoms with Crippen molar-refractivity contribution in [2.45, 2.75) is 44.9 Å². The van der Waals surface area contributed by atoms with E-state index in [0.717, 1.165) is 23.6 Å². The molecule has 1 heterocycles. The number of alkyl halides is 1. The van der Waals surface area contributed by atoms with Crippen molar-refractivity contribution < 1.29 is 17.6 Å². The van der Waals surface area contributed by atoms with E-state index in [0.29, 0.717) is 6.42 Å². The van der Waals surface area contributed by atoms with Gasteiger partial charge in [0.25, 0.3) is 0 Å². The lowest BCUT2D eigenvalue weighted by Gasteiger charge is -2.41. The van der Waals surface area contributed by atoms with Crippen molar-refractivity contribution in [2.24, 2.45) is 5.92 Å². The maximum Gasteiger partial charge on any atom is 0.318 e. The van der Waals surface area contributed by atoms with Gasteiger partial charge in [-0.1, -0.05) is 49.8 Å². The van der Waals surface area contributed by atoms with Gasteiger partial charge in [0.05, 0.1) is 12.6 Å². The number of rotatable bonds is 5. The third-order valence-electron chi connectivity index (χ3n) is 4.72. The van der Waals surface area contributed by atoms with E-state index in [1.54, 1.807) is 6.92 Å². The lowest BCUT2D eigenvalue weighted by molar-refractivity contribution is 0.0581. The molecule has 4 unspecified atom stereocenters. The molecular weight excluding hydrogens is 355 g/mol. The van der Waals surface area contributed by atoms with E-state index in [2.05, 4.69) is 5.32 Å². The van der Waals surface area contributed by atoms with E-state index in [4.69, 9.17) is 0 Å². The smallest absolute Gasteiger partial charge is 0.318 e. The van der Waals surface area contributed by atoms with Crippen LogP contribution in [0.3, 0.4) is 0 Å². The third kappa shape index (κ3) is 5.56. The summed E-state index contributed by atoms with van der Waals surface area (Å²) in [5, 5.41) is 3.81. The number of benzene rings is 1.